The molecular formula is C20H17F2N3. The summed E-state index contributed by atoms with van der Waals surface area (Å²) in [6.07, 6.45) is 0. The highest BCUT2D eigenvalue weighted by atomic mass is 19.1. The monoisotopic (exact) mass is 337 g/mol. The van der Waals surface area contributed by atoms with Crippen LogP contribution in [0.3, 0.4) is 0 Å². The summed E-state index contributed by atoms with van der Waals surface area (Å²) in [6.45, 7) is 6.07. The summed E-state index contributed by atoms with van der Waals surface area (Å²) in [7, 11) is 0. The van der Waals surface area contributed by atoms with Gasteiger partial charge in [-0.05, 0) is 49.7 Å². The second kappa shape index (κ2) is 5.41. The van der Waals surface area contributed by atoms with E-state index in [1.807, 2.05) is 20.8 Å². The molecule has 0 aliphatic carbocycles. The third-order valence-electron chi connectivity index (χ3n) is 5.01. The number of benzene rings is 2. The quantitative estimate of drug-likeness (QED) is 0.649. The molecule has 126 valence electrons. The molecule has 1 aliphatic rings. The van der Waals surface area contributed by atoms with Gasteiger partial charge in [-0.1, -0.05) is 19.1 Å². The van der Waals surface area contributed by atoms with Gasteiger partial charge in [0.15, 0.2) is 5.82 Å². The Morgan fingerprint density at radius 3 is 2.60 bits per heavy atom. The number of nitrogens with zero attached hydrogens (tertiary/aromatic N) is 3. The Hall–Kier alpha value is -2.69. The van der Waals surface area contributed by atoms with E-state index in [1.165, 1.54) is 12.1 Å². The van der Waals surface area contributed by atoms with Crippen molar-refractivity contribution < 1.29 is 8.78 Å². The Morgan fingerprint density at radius 2 is 1.80 bits per heavy atom. The predicted octanol–water partition coefficient (Wildman–Crippen LogP) is 4.64. The van der Waals surface area contributed by atoms with Gasteiger partial charge < -0.3 is 0 Å². The second-order valence-electron chi connectivity index (χ2n) is 6.97. The first kappa shape index (κ1) is 15.8. The van der Waals surface area contributed by atoms with Crippen LogP contribution in [0.4, 0.5) is 8.78 Å². The predicted molar refractivity (Wildman–Crippen MR) is 94.0 cm³/mol. The van der Waals surface area contributed by atoms with Crippen LogP contribution in [0.1, 0.15) is 43.5 Å². The number of rotatable bonds is 1. The molecule has 3 nitrogen and oxygen atoms in total. The van der Waals surface area contributed by atoms with Gasteiger partial charge in [0, 0.05) is 16.9 Å². The highest BCUT2D eigenvalue weighted by Crippen LogP contribution is 2.39. The lowest BCUT2D eigenvalue weighted by molar-refractivity contribution is 0.430. The lowest BCUT2D eigenvalue weighted by Gasteiger charge is -2.35. The van der Waals surface area contributed by atoms with Crippen molar-refractivity contribution in [1.82, 2.24) is 10.2 Å². The van der Waals surface area contributed by atoms with Crippen LogP contribution in [0.5, 0.6) is 0 Å². The molecule has 0 N–H and O–H groups in total. The average molecular weight is 337 g/mol. The first-order valence-corrected chi connectivity index (χ1v) is 8.19. The van der Waals surface area contributed by atoms with Gasteiger partial charge in [-0.3, -0.25) is 4.99 Å². The van der Waals surface area contributed by atoms with Crippen molar-refractivity contribution >= 4 is 16.6 Å². The summed E-state index contributed by atoms with van der Waals surface area (Å²) in [6, 6.07) is 11.3. The van der Waals surface area contributed by atoms with Crippen LogP contribution in [0.2, 0.25) is 0 Å². The molecule has 5 heteroatoms. The highest BCUT2D eigenvalue weighted by Gasteiger charge is 2.35. The topological polar surface area (TPSA) is 38.1 Å². The SMILES string of the molecule is CC1c2cc(F)ccc2C(c2cc3cccc(F)c3nn2)=NC1(C)C. The largest absolute Gasteiger partial charge is 0.276 e. The van der Waals surface area contributed by atoms with Gasteiger partial charge in [0.2, 0.25) is 0 Å². The third-order valence-corrected chi connectivity index (χ3v) is 5.01. The molecule has 25 heavy (non-hydrogen) atoms. The fraction of sp³-hybridized carbons (Fsp3) is 0.250. The molecule has 1 unspecified atom stereocenters. The van der Waals surface area contributed by atoms with Gasteiger partial charge in [0.25, 0.3) is 0 Å². The summed E-state index contributed by atoms with van der Waals surface area (Å²) in [4.78, 5) is 4.86. The third kappa shape index (κ3) is 2.51. The Kier molecular flexibility index (Phi) is 3.42. The molecule has 2 aromatic carbocycles. The maximum Gasteiger partial charge on any atom is 0.151 e. The Morgan fingerprint density at radius 1 is 1.00 bits per heavy atom. The molecule has 3 aromatic rings. The maximum atomic E-state index is 13.8. The normalized spacial score (nSPS) is 18.8. The van der Waals surface area contributed by atoms with Crippen LogP contribution in [0, 0.1) is 11.6 Å². The standard InChI is InChI=1S/C20H17F2N3/c1-11-15-10-13(21)7-8-14(15)19(23-20(11,2)3)17-9-12-5-4-6-16(22)18(12)25-24-17/h4-11H,1-3H3. The molecule has 1 aromatic heterocycles. The minimum absolute atomic E-state index is 0.0628. The summed E-state index contributed by atoms with van der Waals surface area (Å²) < 4.78 is 27.6. The van der Waals surface area contributed by atoms with Gasteiger partial charge in [-0.15, -0.1) is 10.2 Å². The number of aromatic nitrogens is 2. The first-order valence-electron chi connectivity index (χ1n) is 8.19. The molecule has 0 spiro atoms. The van der Waals surface area contributed by atoms with Crippen LogP contribution in [0.15, 0.2) is 47.5 Å². The number of fused-ring (bicyclic) bond motifs is 2. The van der Waals surface area contributed by atoms with E-state index in [1.54, 1.807) is 30.3 Å². The van der Waals surface area contributed by atoms with Gasteiger partial charge in [-0.25, -0.2) is 8.78 Å². The summed E-state index contributed by atoms with van der Waals surface area (Å²) in [5.74, 6) is -0.610. The van der Waals surface area contributed by atoms with Crippen molar-refractivity contribution in [3.63, 3.8) is 0 Å². The van der Waals surface area contributed by atoms with Crippen molar-refractivity contribution in [2.75, 3.05) is 0 Å². The Balaban J connectivity index is 1.95. The van der Waals surface area contributed by atoms with Crippen molar-refractivity contribution in [2.45, 2.75) is 32.2 Å². The fourth-order valence-corrected chi connectivity index (χ4v) is 3.28. The molecular weight excluding hydrogens is 320 g/mol. The van der Waals surface area contributed by atoms with Gasteiger partial charge >= 0.3 is 0 Å². The van der Waals surface area contributed by atoms with E-state index in [-0.39, 0.29) is 17.3 Å². The number of aliphatic imine (C=N–C) groups is 1. The van der Waals surface area contributed by atoms with E-state index in [4.69, 9.17) is 4.99 Å². The molecule has 1 aliphatic heterocycles. The zero-order valence-electron chi connectivity index (χ0n) is 14.2. The van der Waals surface area contributed by atoms with Crippen molar-refractivity contribution in [2.24, 2.45) is 4.99 Å². The van der Waals surface area contributed by atoms with Gasteiger partial charge in [0.1, 0.15) is 17.0 Å². The maximum absolute atomic E-state index is 13.8. The van der Waals surface area contributed by atoms with Crippen molar-refractivity contribution in [3.8, 4) is 0 Å². The molecule has 0 amide bonds. The fourth-order valence-electron chi connectivity index (χ4n) is 3.28. The van der Waals surface area contributed by atoms with Crippen molar-refractivity contribution in [1.29, 1.82) is 0 Å². The number of hydrogen-bond donors (Lipinski definition) is 0. The molecule has 0 saturated carbocycles. The minimum atomic E-state index is -0.408. The molecule has 2 heterocycles. The Bertz CT molecular complexity index is 1020. The Labute approximate surface area is 144 Å². The molecule has 0 radical (unpaired) electrons. The summed E-state index contributed by atoms with van der Waals surface area (Å²) in [5, 5.41) is 8.88. The van der Waals surface area contributed by atoms with E-state index in [9.17, 15) is 8.78 Å². The van der Waals surface area contributed by atoms with Crippen LogP contribution in [0.25, 0.3) is 10.9 Å². The molecule has 1 atom stereocenters. The van der Waals surface area contributed by atoms with E-state index >= 15 is 0 Å². The average Bonchev–Trinajstić information content (AvgIpc) is 2.58. The number of hydrogen-bond acceptors (Lipinski definition) is 3. The van der Waals surface area contributed by atoms with E-state index in [0.717, 1.165) is 11.1 Å². The highest BCUT2D eigenvalue weighted by molar-refractivity contribution is 6.14. The number of halogens is 2. The zero-order chi connectivity index (χ0) is 17.8. The van der Waals surface area contributed by atoms with E-state index < -0.39 is 11.4 Å². The summed E-state index contributed by atoms with van der Waals surface area (Å²) in [5.41, 5.74) is 2.79. The van der Waals surface area contributed by atoms with E-state index in [0.29, 0.717) is 16.8 Å². The zero-order valence-corrected chi connectivity index (χ0v) is 14.2. The van der Waals surface area contributed by atoms with Crippen LogP contribution in [-0.2, 0) is 0 Å². The minimum Gasteiger partial charge on any atom is -0.276 e. The van der Waals surface area contributed by atoms with Crippen LogP contribution < -0.4 is 0 Å². The second-order valence-corrected chi connectivity index (χ2v) is 6.97. The molecule has 0 bridgehead atoms. The smallest absolute Gasteiger partial charge is 0.151 e. The van der Waals surface area contributed by atoms with Gasteiger partial charge in [0.05, 0.1) is 11.3 Å². The van der Waals surface area contributed by atoms with E-state index in [2.05, 4.69) is 10.2 Å². The van der Waals surface area contributed by atoms with Crippen molar-refractivity contribution in [3.05, 3.63) is 70.9 Å². The molecule has 0 fully saturated rings. The first-order chi connectivity index (χ1) is 11.9. The van der Waals surface area contributed by atoms with Gasteiger partial charge in [-0.2, -0.15) is 0 Å². The molecule has 0 saturated heterocycles. The lowest BCUT2D eigenvalue weighted by Crippen LogP contribution is -2.33. The van der Waals surface area contributed by atoms with Crippen LogP contribution in [-0.4, -0.2) is 21.4 Å². The summed E-state index contributed by atoms with van der Waals surface area (Å²) >= 11 is 0. The molecule has 4 rings (SSSR count). The lowest BCUT2D eigenvalue weighted by atomic mass is 9.77. The van der Waals surface area contributed by atoms with Crippen LogP contribution >= 0.6 is 0 Å².